The molecule has 0 aliphatic heterocycles. The number of rotatable bonds is 1. The molecule has 0 amide bonds. The molecule has 4 saturated carbocycles. The highest BCUT2D eigenvalue weighted by Crippen LogP contribution is 2.66. The van der Waals surface area contributed by atoms with Crippen molar-refractivity contribution in [2.24, 2.45) is 34.5 Å². The smallest absolute Gasteiger partial charge is 0.139 e. The molecular formula is C20H32O2. The Balaban J connectivity index is 1.66. The molecule has 4 fully saturated rings. The van der Waals surface area contributed by atoms with Crippen LogP contribution < -0.4 is 0 Å². The second-order valence-corrected chi connectivity index (χ2v) is 9.08. The average Bonchev–Trinajstić information content (AvgIpc) is 2.82. The highest BCUT2D eigenvalue weighted by molar-refractivity contribution is 5.87. The van der Waals surface area contributed by atoms with Gasteiger partial charge in [0.25, 0.3) is 0 Å². The summed E-state index contributed by atoms with van der Waals surface area (Å²) in [5.74, 6) is 3.57. The molecule has 124 valence electrons. The lowest BCUT2D eigenvalue weighted by Gasteiger charge is -2.61. The number of hydrogen-bond donors (Lipinski definition) is 1. The molecule has 2 nitrogen and oxygen atoms in total. The van der Waals surface area contributed by atoms with Crippen molar-refractivity contribution in [2.45, 2.75) is 84.2 Å². The zero-order valence-corrected chi connectivity index (χ0v) is 14.3. The van der Waals surface area contributed by atoms with E-state index in [4.69, 9.17) is 0 Å². The predicted octanol–water partition coefficient (Wildman–Crippen LogP) is 4.35. The molecule has 4 aliphatic carbocycles. The summed E-state index contributed by atoms with van der Waals surface area (Å²) in [6, 6.07) is 0. The molecular weight excluding hydrogens is 272 g/mol. The number of ketones is 1. The minimum atomic E-state index is -0.0526. The number of aliphatic hydroxyl groups excluding tert-OH is 1. The topological polar surface area (TPSA) is 37.3 Å². The maximum Gasteiger partial charge on any atom is 0.139 e. The normalized spacial score (nSPS) is 54.5. The third kappa shape index (κ3) is 1.85. The van der Waals surface area contributed by atoms with Gasteiger partial charge in [-0.1, -0.05) is 13.8 Å². The summed E-state index contributed by atoms with van der Waals surface area (Å²) in [7, 11) is 0. The van der Waals surface area contributed by atoms with E-state index in [2.05, 4.69) is 13.8 Å². The fraction of sp³-hybridized carbons (Fsp3) is 0.950. The van der Waals surface area contributed by atoms with Gasteiger partial charge in [0, 0.05) is 11.8 Å². The van der Waals surface area contributed by atoms with Gasteiger partial charge in [-0.2, -0.15) is 0 Å². The van der Waals surface area contributed by atoms with Crippen molar-refractivity contribution in [3.63, 3.8) is 0 Å². The van der Waals surface area contributed by atoms with E-state index in [9.17, 15) is 9.90 Å². The molecule has 0 aromatic carbocycles. The first kappa shape index (κ1) is 15.2. The predicted molar refractivity (Wildman–Crippen MR) is 87.4 cm³/mol. The Morgan fingerprint density at radius 1 is 1.09 bits per heavy atom. The highest BCUT2D eigenvalue weighted by atomic mass is 16.3. The van der Waals surface area contributed by atoms with Crippen LogP contribution in [0.25, 0.3) is 0 Å². The lowest BCUT2D eigenvalue weighted by Crippen LogP contribution is -2.55. The fourth-order valence-corrected chi connectivity index (χ4v) is 7.51. The Morgan fingerprint density at radius 2 is 1.91 bits per heavy atom. The molecule has 22 heavy (non-hydrogen) atoms. The van der Waals surface area contributed by atoms with Crippen LogP contribution >= 0.6 is 0 Å². The highest BCUT2D eigenvalue weighted by Gasteiger charge is 2.60. The SMILES string of the molecule is CC[C@]12CC[C@H](O)C[C@@H]1CCC1C2CC[C@]2(C)C(=O)CCC12. The number of fused-ring (bicyclic) bond motifs is 5. The third-order valence-electron chi connectivity index (χ3n) is 8.70. The molecule has 4 aliphatic rings. The molecule has 0 spiro atoms. The lowest BCUT2D eigenvalue weighted by atomic mass is 9.44. The summed E-state index contributed by atoms with van der Waals surface area (Å²) < 4.78 is 0. The first-order valence-electron chi connectivity index (χ1n) is 9.72. The maximum atomic E-state index is 12.4. The minimum absolute atomic E-state index is 0.0110. The summed E-state index contributed by atoms with van der Waals surface area (Å²) in [5, 5.41) is 10.1. The fourth-order valence-electron chi connectivity index (χ4n) is 7.51. The van der Waals surface area contributed by atoms with Crippen molar-refractivity contribution < 1.29 is 9.90 Å². The van der Waals surface area contributed by atoms with E-state index < -0.39 is 0 Å². The number of hydrogen-bond acceptors (Lipinski definition) is 2. The zero-order chi connectivity index (χ0) is 15.5. The quantitative estimate of drug-likeness (QED) is 0.782. The molecule has 0 saturated heterocycles. The van der Waals surface area contributed by atoms with Gasteiger partial charge in [0.2, 0.25) is 0 Å². The Morgan fingerprint density at radius 3 is 2.68 bits per heavy atom. The van der Waals surface area contributed by atoms with Crippen LogP contribution in [0.3, 0.4) is 0 Å². The van der Waals surface area contributed by atoms with Crippen molar-refractivity contribution in [1.82, 2.24) is 0 Å². The van der Waals surface area contributed by atoms with Crippen LogP contribution in [0.5, 0.6) is 0 Å². The lowest BCUT2D eigenvalue weighted by molar-refractivity contribution is -0.146. The Bertz CT molecular complexity index is 472. The van der Waals surface area contributed by atoms with Gasteiger partial charge in [0.1, 0.15) is 5.78 Å². The largest absolute Gasteiger partial charge is 0.393 e. The molecule has 0 radical (unpaired) electrons. The first-order chi connectivity index (χ1) is 10.5. The summed E-state index contributed by atoms with van der Waals surface area (Å²) in [6.45, 7) is 4.67. The van der Waals surface area contributed by atoms with E-state index in [0.29, 0.717) is 17.1 Å². The molecule has 1 N–H and O–H groups in total. The number of Topliss-reactive ketones (excluding diaryl/α,β-unsaturated/α-hetero) is 1. The second-order valence-electron chi connectivity index (χ2n) is 9.08. The summed E-state index contributed by atoms with van der Waals surface area (Å²) in [6.07, 6.45) is 11.5. The van der Waals surface area contributed by atoms with Crippen LogP contribution in [0, 0.1) is 34.5 Å². The number of carbonyl (C=O) groups excluding carboxylic acids is 1. The standard InChI is InChI=1S/C20H32O2/c1-3-20-11-8-14(21)12-13(20)4-5-15-16-6-7-18(22)19(16,2)10-9-17(15)20/h13-17,21H,3-12H2,1-2H3/t13-,14-,15?,16?,17?,19-,20-/m0/s1. The van der Waals surface area contributed by atoms with E-state index in [-0.39, 0.29) is 11.5 Å². The molecule has 0 aromatic heterocycles. The third-order valence-corrected chi connectivity index (χ3v) is 8.70. The molecule has 4 rings (SSSR count). The van der Waals surface area contributed by atoms with Crippen LogP contribution in [-0.4, -0.2) is 17.0 Å². The Hall–Kier alpha value is -0.370. The van der Waals surface area contributed by atoms with Gasteiger partial charge >= 0.3 is 0 Å². The van der Waals surface area contributed by atoms with Crippen LogP contribution in [-0.2, 0) is 4.79 Å². The van der Waals surface area contributed by atoms with E-state index >= 15 is 0 Å². The second kappa shape index (κ2) is 5.06. The van der Waals surface area contributed by atoms with Gasteiger partial charge in [-0.05, 0) is 86.9 Å². The zero-order valence-electron chi connectivity index (χ0n) is 14.3. The van der Waals surface area contributed by atoms with Gasteiger partial charge in [-0.25, -0.2) is 0 Å². The monoisotopic (exact) mass is 304 g/mol. The van der Waals surface area contributed by atoms with E-state index in [1.54, 1.807) is 0 Å². The Kier molecular flexibility index (Phi) is 3.49. The Labute approximate surface area is 135 Å². The molecule has 3 unspecified atom stereocenters. The number of aliphatic hydroxyl groups is 1. The van der Waals surface area contributed by atoms with Crippen molar-refractivity contribution in [3.05, 3.63) is 0 Å². The van der Waals surface area contributed by atoms with Crippen molar-refractivity contribution >= 4 is 5.78 Å². The van der Waals surface area contributed by atoms with Crippen molar-refractivity contribution in [3.8, 4) is 0 Å². The van der Waals surface area contributed by atoms with Crippen LogP contribution in [0.2, 0.25) is 0 Å². The molecule has 2 heteroatoms. The van der Waals surface area contributed by atoms with Gasteiger partial charge in [-0.3, -0.25) is 4.79 Å². The number of carbonyl (C=O) groups is 1. The van der Waals surface area contributed by atoms with Crippen molar-refractivity contribution in [1.29, 1.82) is 0 Å². The van der Waals surface area contributed by atoms with Gasteiger partial charge in [0.05, 0.1) is 6.10 Å². The van der Waals surface area contributed by atoms with Gasteiger partial charge in [0.15, 0.2) is 0 Å². The molecule has 7 atom stereocenters. The van der Waals surface area contributed by atoms with E-state index in [0.717, 1.165) is 49.9 Å². The maximum absolute atomic E-state index is 12.4. The van der Waals surface area contributed by atoms with Gasteiger partial charge < -0.3 is 5.11 Å². The minimum Gasteiger partial charge on any atom is -0.393 e. The molecule has 0 bridgehead atoms. The summed E-state index contributed by atoms with van der Waals surface area (Å²) in [4.78, 5) is 12.4. The van der Waals surface area contributed by atoms with Crippen LogP contribution in [0.1, 0.15) is 78.1 Å². The van der Waals surface area contributed by atoms with Gasteiger partial charge in [-0.15, -0.1) is 0 Å². The van der Waals surface area contributed by atoms with Crippen LogP contribution in [0.4, 0.5) is 0 Å². The first-order valence-corrected chi connectivity index (χ1v) is 9.72. The van der Waals surface area contributed by atoms with E-state index in [1.807, 2.05) is 0 Å². The van der Waals surface area contributed by atoms with Crippen molar-refractivity contribution in [2.75, 3.05) is 0 Å². The summed E-state index contributed by atoms with van der Waals surface area (Å²) >= 11 is 0. The molecule has 0 aromatic rings. The average molecular weight is 304 g/mol. The molecule has 0 heterocycles. The van der Waals surface area contributed by atoms with E-state index in [1.165, 1.54) is 32.1 Å². The van der Waals surface area contributed by atoms with Crippen LogP contribution in [0.15, 0.2) is 0 Å². The summed E-state index contributed by atoms with van der Waals surface area (Å²) in [5.41, 5.74) is 0.492.